The van der Waals surface area contributed by atoms with Gasteiger partial charge in [0.05, 0.1) is 50.7 Å². The largest absolute Gasteiger partial charge is 0.501 e. The van der Waals surface area contributed by atoms with E-state index in [0.29, 0.717) is 44.2 Å². The number of benzene rings is 2. The number of thiazole rings is 1. The maximum Gasteiger partial charge on any atom is 0.338 e. The number of nitrogens with zero attached hydrogens (tertiary/aromatic N) is 3. The van der Waals surface area contributed by atoms with Crippen LogP contribution in [0.1, 0.15) is 37.9 Å². The first-order valence-electron chi connectivity index (χ1n) is 11.9. The van der Waals surface area contributed by atoms with E-state index in [4.69, 9.17) is 14.2 Å². The van der Waals surface area contributed by atoms with Crippen LogP contribution in [-0.2, 0) is 9.53 Å². The lowest BCUT2D eigenvalue weighted by atomic mass is 9.95. The molecular weight excluding hydrogens is 721 g/mol. The van der Waals surface area contributed by atoms with Gasteiger partial charge in [0, 0.05) is 10.5 Å². The first kappa shape index (κ1) is 29.7. The number of phenols is 1. The number of hydrogen-bond donors (Lipinski definition) is 1. The van der Waals surface area contributed by atoms with Gasteiger partial charge in [0.25, 0.3) is 5.56 Å². The second-order valence-corrected chi connectivity index (χ2v) is 11.4. The fourth-order valence-electron chi connectivity index (χ4n) is 4.25. The highest BCUT2D eigenvalue weighted by atomic mass is 127. The van der Waals surface area contributed by atoms with Crippen LogP contribution in [0.3, 0.4) is 0 Å². The molecule has 1 atom stereocenters. The number of allylic oxidation sites excluding steroid dienone is 1. The fraction of sp³-hybridized carbons (Fsp3) is 0.269. The van der Waals surface area contributed by atoms with Gasteiger partial charge in [-0.15, -0.1) is 0 Å². The first-order chi connectivity index (χ1) is 19.0. The summed E-state index contributed by atoms with van der Waals surface area (Å²) in [5.41, 5.74) is 0.512. The van der Waals surface area contributed by atoms with Gasteiger partial charge in [0.1, 0.15) is 0 Å². The Morgan fingerprint density at radius 2 is 2.00 bits per heavy atom. The van der Waals surface area contributed by atoms with Gasteiger partial charge in [0.2, 0.25) is 5.75 Å². The highest BCUT2D eigenvalue weighted by Crippen LogP contribution is 2.41. The van der Waals surface area contributed by atoms with E-state index in [1.807, 2.05) is 6.92 Å². The fourth-order valence-corrected chi connectivity index (χ4v) is 6.47. The van der Waals surface area contributed by atoms with Gasteiger partial charge in [0.15, 0.2) is 16.3 Å². The summed E-state index contributed by atoms with van der Waals surface area (Å²) in [6.45, 7) is 5.72. The number of nitro groups is 1. The Morgan fingerprint density at radius 1 is 1.27 bits per heavy atom. The number of aromatic nitrogens is 1. The van der Waals surface area contributed by atoms with Crippen molar-refractivity contribution in [2.75, 3.05) is 20.3 Å². The van der Waals surface area contributed by atoms with Crippen LogP contribution in [0.2, 0.25) is 0 Å². The monoisotopic (exact) mass is 743 g/mol. The van der Waals surface area contributed by atoms with E-state index in [-0.39, 0.29) is 20.3 Å². The molecule has 0 radical (unpaired) electrons. The molecule has 14 heteroatoms. The Kier molecular flexibility index (Phi) is 8.99. The van der Waals surface area contributed by atoms with Crippen LogP contribution in [0.25, 0.3) is 6.08 Å². The van der Waals surface area contributed by atoms with Crippen molar-refractivity contribution in [1.29, 1.82) is 0 Å². The minimum Gasteiger partial charge on any atom is -0.501 e. The number of phenolic OH excluding ortho intramolecular Hbond substituents is 1. The summed E-state index contributed by atoms with van der Waals surface area (Å²) < 4.78 is 19.0. The second-order valence-electron chi connectivity index (χ2n) is 8.39. The number of esters is 1. The summed E-state index contributed by atoms with van der Waals surface area (Å²) >= 11 is 6.44. The lowest BCUT2D eigenvalue weighted by Crippen LogP contribution is -2.40. The Labute approximate surface area is 253 Å². The third-order valence-electron chi connectivity index (χ3n) is 5.95. The summed E-state index contributed by atoms with van der Waals surface area (Å²) in [7, 11) is 1.49. The summed E-state index contributed by atoms with van der Waals surface area (Å²) in [6, 6.07) is 5.20. The number of ether oxygens (including phenoxy) is 3. The minimum atomic E-state index is -0.925. The lowest BCUT2D eigenvalue weighted by molar-refractivity contribution is -0.386. The van der Waals surface area contributed by atoms with Crippen molar-refractivity contribution in [2.24, 2.45) is 4.99 Å². The summed E-state index contributed by atoms with van der Waals surface area (Å²) in [5, 5.41) is 21.5. The average Bonchev–Trinajstić information content (AvgIpc) is 3.19. The molecule has 2 aromatic carbocycles. The number of halogens is 2. The van der Waals surface area contributed by atoms with Crippen LogP contribution in [0.5, 0.6) is 17.2 Å². The molecule has 1 aliphatic rings. The first-order valence-corrected chi connectivity index (χ1v) is 14.6. The van der Waals surface area contributed by atoms with E-state index >= 15 is 0 Å². The van der Waals surface area contributed by atoms with Crippen LogP contribution < -0.4 is 24.4 Å². The number of methoxy groups -OCH3 is 1. The summed E-state index contributed by atoms with van der Waals surface area (Å²) in [6.07, 6.45) is 1.49. The highest BCUT2D eigenvalue weighted by molar-refractivity contribution is 14.1. The highest BCUT2D eigenvalue weighted by Gasteiger charge is 2.35. The van der Waals surface area contributed by atoms with Crippen molar-refractivity contribution in [3.8, 4) is 17.2 Å². The predicted molar refractivity (Wildman–Crippen MR) is 160 cm³/mol. The topological polar surface area (TPSA) is 142 Å². The third kappa shape index (κ3) is 5.51. The van der Waals surface area contributed by atoms with Crippen molar-refractivity contribution in [3.05, 3.63) is 84.5 Å². The van der Waals surface area contributed by atoms with Crippen LogP contribution in [-0.4, -0.2) is 40.9 Å². The Morgan fingerprint density at radius 3 is 2.62 bits per heavy atom. The number of carbonyl (C=O) groups is 1. The normalized spacial score (nSPS) is 14.9. The molecule has 210 valence electrons. The van der Waals surface area contributed by atoms with Crippen molar-refractivity contribution in [3.63, 3.8) is 0 Å². The second kappa shape index (κ2) is 12.1. The molecule has 4 rings (SSSR count). The van der Waals surface area contributed by atoms with Crippen LogP contribution in [0, 0.1) is 13.7 Å². The third-order valence-corrected chi connectivity index (χ3v) is 8.45. The molecule has 0 fully saturated rings. The standard InChI is InChI=1S/C26H23BrIN3O8S/c1-5-38-19-11-15(27)14(10-18(19)37-4)22-21(25(34)39-6-2)12(3)29-26-30(22)24(33)20(40-26)9-13-7-16(28)23(32)17(8-13)31(35)36/h7-11,22,32H,5-6H2,1-4H3/b20-9+/t22-/m1/s1. The Hall–Kier alpha value is -3.24. The molecule has 1 aromatic heterocycles. The van der Waals surface area contributed by atoms with Gasteiger partial charge < -0.3 is 19.3 Å². The number of aromatic hydroxyl groups is 1. The van der Waals surface area contributed by atoms with Gasteiger partial charge in [-0.1, -0.05) is 27.3 Å². The molecule has 0 amide bonds. The zero-order valence-electron chi connectivity index (χ0n) is 21.7. The van der Waals surface area contributed by atoms with Crippen molar-refractivity contribution >= 4 is 67.6 Å². The van der Waals surface area contributed by atoms with Crippen molar-refractivity contribution in [1.82, 2.24) is 4.57 Å². The van der Waals surface area contributed by atoms with E-state index < -0.39 is 33.9 Å². The van der Waals surface area contributed by atoms with E-state index in [0.717, 1.165) is 11.3 Å². The van der Waals surface area contributed by atoms with E-state index in [1.165, 1.54) is 29.9 Å². The van der Waals surface area contributed by atoms with Gasteiger partial charge in [-0.2, -0.15) is 0 Å². The molecule has 0 unspecified atom stereocenters. The maximum atomic E-state index is 13.9. The molecule has 0 aliphatic carbocycles. The van der Waals surface area contributed by atoms with E-state index in [9.17, 15) is 24.8 Å². The smallest absolute Gasteiger partial charge is 0.338 e. The van der Waals surface area contributed by atoms with Gasteiger partial charge >= 0.3 is 11.7 Å². The number of rotatable bonds is 8. The molecule has 2 heterocycles. The lowest BCUT2D eigenvalue weighted by Gasteiger charge is -2.26. The van der Waals surface area contributed by atoms with Gasteiger partial charge in [-0.3, -0.25) is 19.5 Å². The molecular formula is C26H23BrIN3O8S. The quantitative estimate of drug-likeness (QED) is 0.157. The maximum absolute atomic E-state index is 13.9. The molecule has 0 saturated heterocycles. The Balaban J connectivity index is 2.01. The Bertz CT molecular complexity index is 1750. The van der Waals surface area contributed by atoms with Crippen LogP contribution in [0.4, 0.5) is 5.69 Å². The zero-order chi connectivity index (χ0) is 29.3. The van der Waals surface area contributed by atoms with Crippen LogP contribution >= 0.6 is 49.9 Å². The molecule has 0 spiro atoms. The van der Waals surface area contributed by atoms with E-state index in [1.54, 1.807) is 48.6 Å². The number of carbonyl (C=O) groups excluding carboxylic acids is 1. The van der Waals surface area contributed by atoms with Gasteiger partial charge in [-0.05, 0) is 78.8 Å². The number of fused-ring (bicyclic) bond motifs is 1. The number of nitro benzene ring substituents is 1. The van der Waals surface area contributed by atoms with Gasteiger partial charge in [-0.25, -0.2) is 9.79 Å². The summed E-state index contributed by atoms with van der Waals surface area (Å²) in [4.78, 5) is 42.7. The molecule has 0 bridgehead atoms. The molecule has 11 nitrogen and oxygen atoms in total. The SMILES string of the molecule is CCOC(=O)C1=C(C)N=c2s/c(=C/c3cc(I)c(O)c([N+](=O)[O-])c3)c(=O)n2[C@@H]1c1cc(OC)c(OCC)cc1Br. The van der Waals surface area contributed by atoms with Crippen molar-refractivity contribution < 1.29 is 29.0 Å². The molecule has 0 saturated carbocycles. The summed E-state index contributed by atoms with van der Waals surface area (Å²) in [5.74, 6) is -0.180. The van der Waals surface area contributed by atoms with Crippen LogP contribution in [0.15, 0.2) is 49.8 Å². The average molecular weight is 744 g/mol. The number of hydrogen-bond acceptors (Lipinski definition) is 10. The predicted octanol–water partition coefficient (Wildman–Crippen LogP) is 4.19. The molecule has 1 aliphatic heterocycles. The van der Waals surface area contributed by atoms with Crippen molar-refractivity contribution in [2.45, 2.75) is 26.8 Å². The minimum absolute atomic E-state index is 0.124. The zero-order valence-corrected chi connectivity index (χ0v) is 26.2. The molecule has 1 N–H and O–H groups in total. The van der Waals surface area contributed by atoms with E-state index in [2.05, 4.69) is 20.9 Å². The molecule has 40 heavy (non-hydrogen) atoms. The molecule has 3 aromatic rings.